The third-order valence-corrected chi connectivity index (χ3v) is 6.14. The van der Waals surface area contributed by atoms with Gasteiger partial charge < -0.3 is 15.2 Å². The number of rotatable bonds is 15. The van der Waals surface area contributed by atoms with Gasteiger partial charge in [-0.25, -0.2) is 9.36 Å². The first-order chi connectivity index (χ1) is 14.4. The van der Waals surface area contributed by atoms with E-state index in [-0.39, 0.29) is 11.7 Å². The van der Waals surface area contributed by atoms with E-state index in [1.807, 2.05) is 6.08 Å². The number of allylic oxidation sites excluding steroid dienone is 1. The van der Waals surface area contributed by atoms with Gasteiger partial charge in [-0.3, -0.25) is 18.4 Å². The molecule has 2 atom stereocenters. The minimum absolute atomic E-state index is 0.141. The summed E-state index contributed by atoms with van der Waals surface area (Å²) in [6, 6.07) is -0.923. The SMILES string of the molecule is COP(=O)(OC)OCC(NC(=O)OC(C)(C)C)C(O)/C=C/CCCCCCSC(C)=O. The Balaban J connectivity index is 4.64. The van der Waals surface area contributed by atoms with Crippen molar-refractivity contribution in [3.05, 3.63) is 12.2 Å². The molecular formula is C20H38NO8PS. The van der Waals surface area contributed by atoms with E-state index in [0.29, 0.717) is 0 Å². The van der Waals surface area contributed by atoms with Crippen molar-refractivity contribution >= 4 is 30.8 Å². The van der Waals surface area contributed by atoms with Gasteiger partial charge in [-0.1, -0.05) is 36.8 Å². The number of phosphoric acid groups is 1. The van der Waals surface area contributed by atoms with Crippen molar-refractivity contribution in [1.29, 1.82) is 0 Å². The molecule has 0 aliphatic heterocycles. The van der Waals surface area contributed by atoms with Crippen molar-refractivity contribution in [2.45, 2.75) is 77.5 Å². The number of thioether (sulfide) groups is 1. The Hall–Kier alpha value is -0.900. The van der Waals surface area contributed by atoms with Crippen LogP contribution in [0.1, 0.15) is 59.8 Å². The van der Waals surface area contributed by atoms with Gasteiger partial charge in [0, 0.05) is 26.9 Å². The molecule has 0 saturated heterocycles. The first-order valence-corrected chi connectivity index (χ1v) is 12.7. The quantitative estimate of drug-likeness (QED) is 0.198. The molecule has 0 aliphatic rings. The van der Waals surface area contributed by atoms with Crippen molar-refractivity contribution in [3.8, 4) is 0 Å². The van der Waals surface area contributed by atoms with E-state index in [1.54, 1.807) is 33.8 Å². The van der Waals surface area contributed by atoms with Crippen LogP contribution in [0, 0.1) is 0 Å². The highest BCUT2D eigenvalue weighted by Gasteiger charge is 2.29. The van der Waals surface area contributed by atoms with Gasteiger partial charge in [-0.05, 0) is 40.0 Å². The minimum atomic E-state index is -3.77. The zero-order chi connectivity index (χ0) is 23.9. The molecule has 0 aromatic heterocycles. The number of unbranched alkanes of at least 4 members (excludes halogenated alkanes) is 4. The van der Waals surface area contributed by atoms with Gasteiger partial charge >= 0.3 is 13.9 Å². The number of nitrogens with one attached hydrogen (secondary N) is 1. The summed E-state index contributed by atoms with van der Waals surface area (Å²) >= 11 is 1.34. The van der Waals surface area contributed by atoms with E-state index in [1.165, 1.54) is 26.0 Å². The maximum absolute atomic E-state index is 12.1. The molecule has 0 radical (unpaired) electrons. The highest BCUT2D eigenvalue weighted by molar-refractivity contribution is 8.13. The van der Waals surface area contributed by atoms with Gasteiger partial charge in [0.25, 0.3) is 0 Å². The van der Waals surface area contributed by atoms with E-state index >= 15 is 0 Å². The summed E-state index contributed by atoms with van der Waals surface area (Å²) in [6.45, 7) is 6.42. The number of aliphatic hydroxyl groups excluding tert-OH is 1. The van der Waals surface area contributed by atoms with Crippen molar-refractivity contribution in [2.75, 3.05) is 26.6 Å². The number of aliphatic hydroxyl groups is 1. The number of ether oxygens (including phenoxy) is 1. The normalized spacial score (nSPS) is 14.4. The molecule has 31 heavy (non-hydrogen) atoms. The molecule has 9 nitrogen and oxygen atoms in total. The first-order valence-electron chi connectivity index (χ1n) is 10.3. The van der Waals surface area contributed by atoms with Crippen LogP contribution in [0.2, 0.25) is 0 Å². The molecule has 0 spiro atoms. The van der Waals surface area contributed by atoms with Gasteiger partial charge in [0.05, 0.1) is 18.8 Å². The molecule has 0 aromatic carbocycles. The summed E-state index contributed by atoms with van der Waals surface area (Å²) < 4.78 is 31.9. The lowest BCUT2D eigenvalue weighted by atomic mass is 10.1. The Kier molecular flexibility index (Phi) is 15.4. The van der Waals surface area contributed by atoms with Crippen LogP contribution < -0.4 is 5.32 Å². The second-order valence-corrected chi connectivity index (χ2v) is 11.0. The Morgan fingerprint density at radius 3 is 2.29 bits per heavy atom. The molecular weight excluding hydrogens is 445 g/mol. The molecule has 2 N–H and O–H groups in total. The second-order valence-electron chi connectivity index (χ2n) is 7.82. The third-order valence-electron chi connectivity index (χ3n) is 3.88. The van der Waals surface area contributed by atoms with Crippen LogP contribution in [0.4, 0.5) is 4.79 Å². The van der Waals surface area contributed by atoms with E-state index in [2.05, 4.69) is 5.32 Å². The van der Waals surface area contributed by atoms with E-state index in [9.17, 15) is 19.3 Å². The zero-order valence-electron chi connectivity index (χ0n) is 19.4. The van der Waals surface area contributed by atoms with Crippen LogP contribution in [0.25, 0.3) is 0 Å². The molecule has 11 heteroatoms. The highest BCUT2D eigenvalue weighted by atomic mass is 32.2. The number of hydrogen-bond donors (Lipinski definition) is 2. The molecule has 0 fully saturated rings. The van der Waals surface area contributed by atoms with Gasteiger partial charge in [-0.15, -0.1) is 0 Å². The van der Waals surface area contributed by atoms with Crippen molar-refractivity contribution in [2.24, 2.45) is 0 Å². The van der Waals surface area contributed by atoms with Gasteiger partial charge in [-0.2, -0.15) is 0 Å². The average Bonchev–Trinajstić information content (AvgIpc) is 2.67. The van der Waals surface area contributed by atoms with Crippen LogP contribution in [0.15, 0.2) is 12.2 Å². The number of alkyl carbamates (subject to hydrolysis) is 1. The number of phosphoric ester groups is 1. The molecule has 0 aromatic rings. The van der Waals surface area contributed by atoms with Crippen LogP contribution in [0.3, 0.4) is 0 Å². The summed E-state index contributed by atoms with van der Waals surface area (Å²) in [5, 5.41) is 13.2. The van der Waals surface area contributed by atoms with E-state index < -0.39 is 31.7 Å². The third kappa shape index (κ3) is 16.4. The lowest BCUT2D eigenvalue weighted by Gasteiger charge is -2.26. The fraction of sp³-hybridized carbons (Fsp3) is 0.800. The Morgan fingerprint density at radius 1 is 1.13 bits per heavy atom. The number of amides is 1. The summed E-state index contributed by atoms with van der Waals surface area (Å²) in [7, 11) is -1.41. The van der Waals surface area contributed by atoms with Crippen LogP contribution in [0.5, 0.6) is 0 Å². The summed E-state index contributed by atoms with van der Waals surface area (Å²) in [6.07, 6.45) is 6.30. The molecule has 182 valence electrons. The number of hydrogen-bond acceptors (Lipinski definition) is 9. The standard InChI is InChI=1S/C20H38NO8PS/c1-16(22)31-14-12-10-8-7-9-11-13-18(23)17(15-28-30(25,26-5)27-6)21-19(24)29-20(2,3)4/h11,13,17-18,23H,7-10,12,14-15H2,1-6H3,(H,21,24)/b13-11+. The fourth-order valence-electron chi connectivity index (χ4n) is 2.34. The lowest BCUT2D eigenvalue weighted by Crippen LogP contribution is -2.47. The lowest BCUT2D eigenvalue weighted by molar-refractivity contribution is -0.109. The maximum atomic E-state index is 12.1. The summed E-state index contributed by atoms with van der Waals surface area (Å²) in [5.74, 6) is 0.842. The molecule has 0 rings (SSSR count). The van der Waals surface area contributed by atoms with Gasteiger partial charge in [0.2, 0.25) is 0 Å². The molecule has 0 saturated carbocycles. The van der Waals surface area contributed by atoms with Crippen LogP contribution in [-0.2, 0) is 27.7 Å². The van der Waals surface area contributed by atoms with Crippen LogP contribution in [-0.4, -0.2) is 60.6 Å². The fourth-order valence-corrected chi connectivity index (χ4v) is 3.68. The van der Waals surface area contributed by atoms with Crippen molar-refractivity contribution in [1.82, 2.24) is 5.32 Å². The molecule has 1 amide bonds. The number of carbonyl (C=O) groups excluding carboxylic acids is 2. The van der Waals surface area contributed by atoms with E-state index in [4.69, 9.17) is 18.3 Å². The Bertz CT molecular complexity index is 600. The highest BCUT2D eigenvalue weighted by Crippen LogP contribution is 2.47. The monoisotopic (exact) mass is 483 g/mol. The Labute approximate surface area is 190 Å². The summed E-state index contributed by atoms with van der Waals surface area (Å²) in [4.78, 5) is 23.0. The van der Waals surface area contributed by atoms with Gasteiger partial charge in [0.15, 0.2) is 5.12 Å². The average molecular weight is 484 g/mol. The van der Waals surface area contributed by atoms with Crippen molar-refractivity contribution in [3.63, 3.8) is 0 Å². The molecule has 0 aliphatic carbocycles. The van der Waals surface area contributed by atoms with Gasteiger partial charge in [0.1, 0.15) is 5.60 Å². The second kappa shape index (κ2) is 15.8. The Morgan fingerprint density at radius 2 is 1.74 bits per heavy atom. The topological polar surface area (TPSA) is 120 Å². The molecule has 2 unspecified atom stereocenters. The minimum Gasteiger partial charge on any atom is -0.444 e. The maximum Gasteiger partial charge on any atom is 0.474 e. The predicted octanol–water partition coefficient (Wildman–Crippen LogP) is 4.44. The first kappa shape index (κ1) is 30.1. The van der Waals surface area contributed by atoms with E-state index in [0.717, 1.165) is 37.9 Å². The largest absolute Gasteiger partial charge is 0.474 e. The van der Waals surface area contributed by atoms with Crippen molar-refractivity contribution < 1.29 is 37.6 Å². The number of carbonyl (C=O) groups is 2. The molecule has 0 bridgehead atoms. The zero-order valence-corrected chi connectivity index (χ0v) is 21.1. The predicted molar refractivity (Wildman–Crippen MR) is 122 cm³/mol. The smallest absolute Gasteiger partial charge is 0.444 e. The van der Waals surface area contributed by atoms with Crippen LogP contribution >= 0.6 is 19.6 Å². The summed E-state index contributed by atoms with van der Waals surface area (Å²) in [5.41, 5.74) is -0.715. The molecule has 0 heterocycles.